The van der Waals surface area contributed by atoms with Crippen molar-refractivity contribution in [3.05, 3.63) is 59.7 Å². The van der Waals surface area contributed by atoms with Crippen molar-refractivity contribution in [3.63, 3.8) is 0 Å². The average Bonchev–Trinajstić information content (AvgIpc) is 2.47. The SMILES string of the molecule is CCOc1ccc(C(Nc2ccccc2C)C(N)=O)cc1. The number of amides is 1. The first-order valence-electron chi connectivity index (χ1n) is 6.96. The van der Waals surface area contributed by atoms with Crippen molar-refractivity contribution in [2.75, 3.05) is 11.9 Å². The van der Waals surface area contributed by atoms with Crippen molar-refractivity contribution < 1.29 is 9.53 Å². The van der Waals surface area contributed by atoms with Gasteiger partial charge in [0.2, 0.25) is 5.91 Å². The van der Waals surface area contributed by atoms with Gasteiger partial charge in [-0.25, -0.2) is 0 Å². The van der Waals surface area contributed by atoms with Crippen LogP contribution in [-0.2, 0) is 4.79 Å². The number of carbonyl (C=O) groups excluding carboxylic acids is 1. The van der Waals surface area contributed by atoms with Crippen LogP contribution in [0.4, 0.5) is 5.69 Å². The molecule has 21 heavy (non-hydrogen) atoms. The number of rotatable bonds is 6. The minimum absolute atomic E-state index is 0.414. The number of hydrogen-bond donors (Lipinski definition) is 2. The van der Waals surface area contributed by atoms with E-state index in [0.717, 1.165) is 22.6 Å². The van der Waals surface area contributed by atoms with Gasteiger partial charge in [0.25, 0.3) is 0 Å². The molecule has 2 aromatic carbocycles. The van der Waals surface area contributed by atoms with Crippen LogP contribution in [0.15, 0.2) is 48.5 Å². The van der Waals surface area contributed by atoms with Crippen LogP contribution in [-0.4, -0.2) is 12.5 Å². The molecule has 0 aromatic heterocycles. The molecule has 0 aliphatic carbocycles. The van der Waals surface area contributed by atoms with Crippen molar-refractivity contribution in [3.8, 4) is 5.75 Å². The highest BCUT2D eigenvalue weighted by Crippen LogP contribution is 2.23. The van der Waals surface area contributed by atoms with E-state index in [1.807, 2.05) is 62.4 Å². The number of ether oxygens (including phenoxy) is 1. The van der Waals surface area contributed by atoms with E-state index in [1.165, 1.54) is 0 Å². The molecule has 1 amide bonds. The van der Waals surface area contributed by atoms with E-state index in [9.17, 15) is 4.79 Å². The van der Waals surface area contributed by atoms with E-state index in [-0.39, 0.29) is 0 Å². The topological polar surface area (TPSA) is 64.3 Å². The summed E-state index contributed by atoms with van der Waals surface area (Å²) in [6.45, 7) is 4.53. The summed E-state index contributed by atoms with van der Waals surface area (Å²) in [5, 5.41) is 3.20. The van der Waals surface area contributed by atoms with Crippen LogP contribution < -0.4 is 15.8 Å². The molecule has 0 fully saturated rings. The number of nitrogens with two attached hydrogens (primary N) is 1. The minimum atomic E-state index is -0.568. The number of anilines is 1. The maximum Gasteiger partial charge on any atom is 0.244 e. The Kier molecular flexibility index (Phi) is 4.82. The van der Waals surface area contributed by atoms with Gasteiger partial charge in [0, 0.05) is 5.69 Å². The van der Waals surface area contributed by atoms with Gasteiger partial charge in [0.15, 0.2) is 0 Å². The molecule has 1 unspecified atom stereocenters. The predicted octanol–water partition coefficient (Wildman–Crippen LogP) is 3.03. The highest BCUT2D eigenvalue weighted by Gasteiger charge is 2.18. The van der Waals surface area contributed by atoms with Gasteiger partial charge < -0.3 is 15.8 Å². The smallest absolute Gasteiger partial charge is 0.244 e. The molecule has 0 bridgehead atoms. The van der Waals surface area contributed by atoms with Crippen LogP contribution in [0.25, 0.3) is 0 Å². The van der Waals surface area contributed by atoms with E-state index < -0.39 is 11.9 Å². The number of benzene rings is 2. The molecule has 0 heterocycles. The molecule has 0 radical (unpaired) electrons. The Morgan fingerprint density at radius 3 is 2.43 bits per heavy atom. The van der Waals surface area contributed by atoms with Gasteiger partial charge in [-0.3, -0.25) is 4.79 Å². The molecular formula is C17H20N2O2. The molecule has 2 rings (SSSR count). The summed E-state index contributed by atoms with van der Waals surface area (Å²) in [6, 6.07) is 14.6. The first-order valence-corrected chi connectivity index (χ1v) is 6.96. The van der Waals surface area contributed by atoms with Crippen LogP contribution in [0.1, 0.15) is 24.1 Å². The Hall–Kier alpha value is -2.49. The highest BCUT2D eigenvalue weighted by atomic mass is 16.5. The normalized spacial score (nSPS) is 11.7. The zero-order chi connectivity index (χ0) is 15.2. The number of hydrogen-bond acceptors (Lipinski definition) is 3. The lowest BCUT2D eigenvalue weighted by Crippen LogP contribution is -2.27. The van der Waals surface area contributed by atoms with Gasteiger partial charge in [-0.1, -0.05) is 30.3 Å². The molecular weight excluding hydrogens is 264 g/mol. The second kappa shape index (κ2) is 6.79. The Bertz CT molecular complexity index is 608. The Morgan fingerprint density at radius 1 is 1.19 bits per heavy atom. The summed E-state index contributed by atoms with van der Waals surface area (Å²) in [4.78, 5) is 11.8. The summed E-state index contributed by atoms with van der Waals surface area (Å²) in [5.41, 5.74) is 8.31. The lowest BCUT2D eigenvalue weighted by Gasteiger charge is -2.19. The van der Waals surface area contributed by atoms with Crippen molar-refractivity contribution >= 4 is 11.6 Å². The molecule has 3 N–H and O–H groups in total. The summed E-state index contributed by atoms with van der Waals surface area (Å²) in [6.07, 6.45) is 0. The highest BCUT2D eigenvalue weighted by molar-refractivity contribution is 5.84. The lowest BCUT2D eigenvalue weighted by atomic mass is 10.0. The van der Waals surface area contributed by atoms with Crippen LogP contribution in [0, 0.1) is 6.92 Å². The zero-order valence-electron chi connectivity index (χ0n) is 12.3. The van der Waals surface area contributed by atoms with Crippen molar-refractivity contribution in [1.82, 2.24) is 0 Å². The number of primary amides is 1. The number of aryl methyl sites for hydroxylation is 1. The third-order valence-corrected chi connectivity index (χ3v) is 3.25. The summed E-state index contributed by atoms with van der Waals surface area (Å²) >= 11 is 0. The second-order valence-corrected chi connectivity index (χ2v) is 4.80. The fourth-order valence-corrected chi connectivity index (χ4v) is 2.13. The van der Waals surface area contributed by atoms with Gasteiger partial charge in [0.1, 0.15) is 11.8 Å². The molecule has 0 saturated carbocycles. The van der Waals surface area contributed by atoms with E-state index >= 15 is 0 Å². The fourth-order valence-electron chi connectivity index (χ4n) is 2.13. The number of nitrogens with one attached hydrogen (secondary N) is 1. The summed E-state index contributed by atoms with van der Waals surface area (Å²) in [5.74, 6) is 0.364. The number of para-hydroxylation sites is 1. The van der Waals surface area contributed by atoms with Gasteiger partial charge in [0.05, 0.1) is 6.61 Å². The third-order valence-electron chi connectivity index (χ3n) is 3.25. The Labute approximate surface area is 124 Å². The fraction of sp³-hybridized carbons (Fsp3) is 0.235. The Balaban J connectivity index is 2.23. The molecule has 0 spiro atoms. The second-order valence-electron chi connectivity index (χ2n) is 4.80. The minimum Gasteiger partial charge on any atom is -0.494 e. The molecule has 4 nitrogen and oxygen atoms in total. The molecule has 4 heteroatoms. The monoisotopic (exact) mass is 284 g/mol. The quantitative estimate of drug-likeness (QED) is 0.857. The first-order chi connectivity index (χ1) is 10.1. The van der Waals surface area contributed by atoms with Crippen molar-refractivity contribution in [1.29, 1.82) is 0 Å². The van der Waals surface area contributed by atoms with E-state index in [1.54, 1.807) is 0 Å². The van der Waals surface area contributed by atoms with E-state index in [2.05, 4.69) is 5.32 Å². The van der Waals surface area contributed by atoms with Crippen LogP contribution in [0.3, 0.4) is 0 Å². The molecule has 2 aromatic rings. The molecule has 0 aliphatic heterocycles. The summed E-state index contributed by atoms with van der Waals surface area (Å²) < 4.78 is 5.40. The molecule has 1 atom stereocenters. The van der Waals surface area contributed by atoms with Crippen molar-refractivity contribution in [2.24, 2.45) is 5.73 Å². The van der Waals surface area contributed by atoms with Crippen LogP contribution in [0.2, 0.25) is 0 Å². The van der Waals surface area contributed by atoms with Gasteiger partial charge >= 0.3 is 0 Å². The standard InChI is InChI=1S/C17H20N2O2/c1-3-21-14-10-8-13(9-11-14)16(17(18)20)19-15-7-5-4-6-12(15)2/h4-11,16,19H,3H2,1-2H3,(H2,18,20). The van der Waals surface area contributed by atoms with Crippen molar-refractivity contribution in [2.45, 2.75) is 19.9 Å². The molecule has 0 aliphatic rings. The lowest BCUT2D eigenvalue weighted by molar-refractivity contribution is -0.118. The van der Waals surface area contributed by atoms with Gasteiger partial charge in [-0.15, -0.1) is 0 Å². The maximum absolute atomic E-state index is 11.8. The van der Waals surface area contributed by atoms with E-state index in [4.69, 9.17) is 10.5 Å². The third kappa shape index (κ3) is 3.75. The predicted molar refractivity (Wildman–Crippen MR) is 84.3 cm³/mol. The summed E-state index contributed by atoms with van der Waals surface area (Å²) in [7, 11) is 0. The Morgan fingerprint density at radius 2 is 1.86 bits per heavy atom. The largest absolute Gasteiger partial charge is 0.494 e. The average molecular weight is 284 g/mol. The zero-order valence-corrected chi connectivity index (χ0v) is 12.3. The first kappa shape index (κ1) is 14.9. The van der Waals surface area contributed by atoms with Gasteiger partial charge in [-0.05, 0) is 43.2 Å². The maximum atomic E-state index is 11.8. The van der Waals surface area contributed by atoms with Gasteiger partial charge in [-0.2, -0.15) is 0 Å². The van der Waals surface area contributed by atoms with Crippen LogP contribution >= 0.6 is 0 Å². The van der Waals surface area contributed by atoms with Crippen LogP contribution in [0.5, 0.6) is 5.75 Å². The molecule has 0 saturated heterocycles. The number of carbonyl (C=O) groups is 1. The van der Waals surface area contributed by atoms with E-state index in [0.29, 0.717) is 6.61 Å². The molecule has 110 valence electrons.